The van der Waals surface area contributed by atoms with E-state index < -0.39 is 15.9 Å². The number of benzene rings is 2. The lowest BCUT2D eigenvalue weighted by Crippen LogP contribution is -2.22. The first-order valence-corrected chi connectivity index (χ1v) is 11.4. The second-order valence-electron chi connectivity index (χ2n) is 7.00. The van der Waals surface area contributed by atoms with Gasteiger partial charge < -0.3 is 14.5 Å². The fraction of sp³-hybridized carbons (Fsp3) is 0.143. The molecule has 0 aliphatic carbocycles. The number of rotatable bonds is 5. The summed E-state index contributed by atoms with van der Waals surface area (Å²) in [5, 5.41) is 3.88. The minimum Gasteiger partial charge on any atom is -0.493 e. The Hall–Kier alpha value is -2.85. The van der Waals surface area contributed by atoms with Gasteiger partial charge in [-0.25, -0.2) is 12.7 Å². The Labute approximate surface area is 193 Å². The number of aromatic nitrogens is 1. The number of hydrogen-bond donors (Lipinski definition) is 1. The number of amides is 1. The molecule has 0 bridgehead atoms. The van der Waals surface area contributed by atoms with Crippen LogP contribution in [0, 0.1) is 0 Å². The Balaban J connectivity index is 1.95. The third-order valence-electron chi connectivity index (χ3n) is 4.89. The quantitative estimate of drug-likeness (QED) is 0.428. The topological polar surface area (TPSA) is 102 Å². The molecule has 4 aromatic rings. The van der Waals surface area contributed by atoms with E-state index in [1.165, 1.54) is 45.7 Å². The molecule has 4 rings (SSSR count). The smallest absolute Gasteiger partial charge is 0.256 e. The van der Waals surface area contributed by atoms with Gasteiger partial charge in [0, 0.05) is 37.3 Å². The van der Waals surface area contributed by atoms with Crippen LogP contribution in [-0.2, 0) is 10.0 Å². The third kappa shape index (κ3) is 3.67. The monoisotopic (exact) mass is 493 g/mol. The first kappa shape index (κ1) is 22.3. The summed E-state index contributed by atoms with van der Waals surface area (Å²) >= 11 is 12.3. The van der Waals surface area contributed by atoms with Crippen LogP contribution in [0.15, 0.2) is 52.0 Å². The van der Waals surface area contributed by atoms with Crippen LogP contribution in [0.3, 0.4) is 0 Å². The zero-order valence-electron chi connectivity index (χ0n) is 17.1. The molecule has 1 N–H and O–H groups in total. The number of anilines is 1. The average Bonchev–Trinajstić information content (AvgIpc) is 3.14. The summed E-state index contributed by atoms with van der Waals surface area (Å²) in [6, 6.07) is 7.61. The van der Waals surface area contributed by atoms with E-state index in [0.29, 0.717) is 27.7 Å². The van der Waals surface area contributed by atoms with Gasteiger partial charge in [-0.1, -0.05) is 23.2 Å². The summed E-state index contributed by atoms with van der Waals surface area (Å²) in [6.07, 6.45) is 2.72. The van der Waals surface area contributed by atoms with Gasteiger partial charge >= 0.3 is 0 Å². The van der Waals surface area contributed by atoms with E-state index in [0.717, 1.165) is 4.31 Å². The number of carbonyl (C=O) groups is 1. The molecule has 2 aromatic heterocycles. The van der Waals surface area contributed by atoms with Gasteiger partial charge in [0.15, 0.2) is 11.3 Å². The predicted molar refractivity (Wildman–Crippen MR) is 123 cm³/mol. The highest BCUT2D eigenvalue weighted by molar-refractivity contribution is 7.89. The van der Waals surface area contributed by atoms with E-state index in [2.05, 4.69) is 10.3 Å². The maximum atomic E-state index is 13.2. The number of methoxy groups -OCH3 is 1. The van der Waals surface area contributed by atoms with Crippen molar-refractivity contribution in [2.45, 2.75) is 4.90 Å². The molecule has 8 nitrogen and oxygen atoms in total. The molecule has 0 radical (unpaired) electrons. The number of carbonyl (C=O) groups excluding carboxylic acids is 1. The molecule has 32 heavy (non-hydrogen) atoms. The second kappa shape index (κ2) is 8.25. The zero-order chi connectivity index (χ0) is 23.2. The van der Waals surface area contributed by atoms with Crippen molar-refractivity contribution in [1.29, 1.82) is 0 Å². The molecule has 0 spiro atoms. The number of furan rings is 1. The Bertz CT molecular complexity index is 1460. The standard InChI is InChI=1S/C21H17Cl2N3O5S/c1-26(2)32(28,29)11-4-6-16-13(8-11)18-12(5-7-17(30-3)20(18)31-16)21(27)25-19-14(22)9-24-10-15(19)23/h4-10H,1-3H3,(H,24,25,27). The van der Waals surface area contributed by atoms with Crippen LogP contribution in [0.5, 0.6) is 5.75 Å². The second-order valence-corrected chi connectivity index (χ2v) is 9.97. The maximum absolute atomic E-state index is 13.2. The van der Waals surface area contributed by atoms with Gasteiger partial charge in [0.2, 0.25) is 10.0 Å². The molecule has 1 amide bonds. The molecule has 0 aliphatic rings. The summed E-state index contributed by atoms with van der Waals surface area (Å²) in [6.45, 7) is 0. The van der Waals surface area contributed by atoms with Crippen LogP contribution in [0.4, 0.5) is 5.69 Å². The van der Waals surface area contributed by atoms with Gasteiger partial charge in [-0.2, -0.15) is 0 Å². The Morgan fingerprint density at radius 1 is 1.12 bits per heavy atom. The number of pyridine rings is 1. The van der Waals surface area contributed by atoms with E-state index in [1.807, 2.05) is 0 Å². The molecule has 0 aliphatic heterocycles. The molecule has 2 aromatic carbocycles. The minimum atomic E-state index is -3.71. The molecule has 0 fully saturated rings. The first-order valence-electron chi connectivity index (χ1n) is 9.21. The van der Waals surface area contributed by atoms with Crippen molar-refractivity contribution in [2.24, 2.45) is 0 Å². The third-order valence-corrected chi connectivity index (χ3v) is 7.27. The SMILES string of the molecule is COc1ccc(C(=O)Nc2c(Cl)cncc2Cl)c2c1oc1ccc(S(=O)(=O)N(C)C)cc12. The molecule has 166 valence electrons. The Kier molecular flexibility index (Phi) is 5.76. The molecule has 2 heterocycles. The molecular formula is C21H17Cl2N3O5S. The summed E-state index contributed by atoms with van der Waals surface area (Å²) in [4.78, 5) is 17.1. The van der Waals surface area contributed by atoms with Gasteiger partial charge in [0.1, 0.15) is 5.58 Å². The Morgan fingerprint density at radius 3 is 2.44 bits per heavy atom. The molecule has 0 unspecified atom stereocenters. The van der Waals surface area contributed by atoms with Gasteiger partial charge in [-0.3, -0.25) is 9.78 Å². The van der Waals surface area contributed by atoms with E-state index in [-0.39, 0.29) is 26.2 Å². The van der Waals surface area contributed by atoms with Crippen molar-refractivity contribution in [3.8, 4) is 5.75 Å². The number of ether oxygens (including phenoxy) is 1. The van der Waals surface area contributed by atoms with Crippen LogP contribution in [0.25, 0.3) is 21.9 Å². The van der Waals surface area contributed by atoms with E-state index in [1.54, 1.807) is 18.2 Å². The Morgan fingerprint density at radius 2 is 1.81 bits per heavy atom. The lowest BCUT2D eigenvalue weighted by Gasteiger charge is -2.12. The summed E-state index contributed by atoms with van der Waals surface area (Å²) in [7, 11) is 0.650. The van der Waals surface area contributed by atoms with Gasteiger partial charge in [-0.05, 0) is 30.3 Å². The van der Waals surface area contributed by atoms with Crippen molar-refractivity contribution in [3.63, 3.8) is 0 Å². The zero-order valence-corrected chi connectivity index (χ0v) is 19.5. The minimum absolute atomic E-state index is 0.0621. The van der Waals surface area contributed by atoms with Crippen LogP contribution in [0.2, 0.25) is 10.0 Å². The van der Waals surface area contributed by atoms with Crippen molar-refractivity contribution < 1.29 is 22.4 Å². The van der Waals surface area contributed by atoms with Crippen molar-refractivity contribution in [2.75, 3.05) is 26.5 Å². The highest BCUT2D eigenvalue weighted by atomic mass is 35.5. The normalized spacial score (nSPS) is 11.9. The van der Waals surface area contributed by atoms with E-state index >= 15 is 0 Å². The van der Waals surface area contributed by atoms with Crippen LogP contribution >= 0.6 is 23.2 Å². The average molecular weight is 494 g/mol. The number of nitrogens with one attached hydrogen (secondary N) is 1. The highest BCUT2D eigenvalue weighted by Gasteiger charge is 2.24. The first-order chi connectivity index (χ1) is 15.1. The number of hydrogen-bond acceptors (Lipinski definition) is 6. The van der Waals surface area contributed by atoms with Crippen LogP contribution < -0.4 is 10.1 Å². The van der Waals surface area contributed by atoms with Gasteiger partial charge in [0.05, 0.1) is 33.3 Å². The fourth-order valence-corrected chi connectivity index (χ4v) is 4.66. The number of sulfonamides is 1. The number of fused-ring (bicyclic) bond motifs is 3. The van der Waals surface area contributed by atoms with E-state index in [4.69, 9.17) is 32.4 Å². The molecular weight excluding hydrogens is 477 g/mol. The summed E-state index contributed by atoms with van der Waals surface area (Å²) < 4.78 is 37.7. The maximum Gasteiger partial charge on any atom is 0.256 e. The molecule has 0 atom stereocenters. The lowest BCUT2D eigenvalue weighted by molar-refractivity contribution is 0.102. The molecule has 0 saturated carbocycles. The largest absolute Gasteiger partial charge is 0.493 e. The van der Waals surface area contributed by atoms with Crippen molar-refractivity contribution in [3.05, 3.63) is 58.3 Å². The van der Waals surface area contributed by atoms with Crippen molar-refractivity contribution >= 4 is 66.8 Å². The fourth-order valence-electron chi connectivity index (χ4n) is 3.27. The summed E-state index contributed by atoms with van der Waals surface area (Å²) in [5.41, 5.74) is 1.14. The molecule has 0 saturated heterocycles. The van der Waals surface area contributed by atoms with Crippen LogP contribution in [-0.4, -0.2) is 44.8 Å². The lowest BCUT2D eigenvalue weighted by atomic mass is 10.0. The summed E-state index contributed by atoms with van der Waals surface area (Å²) in [5.74, 6) is -0.124. The van der Waals surface area contributed by atoms with Crippen LogP contribution in [0.1, 0.15) is 10.4 Å². The predicted octanol–water partition coefficient (Wildman–Crippen LogP) is 4.80. The van der Waals surface area contributed by atoms with E-state index in [9.17, 15) is 13.2 Å². The number of nitrogens with zero attached hydrogens (tertiary/aromatic N) is 2. The number of halogens is 2. The van der Waals surface area contributed by atoms with Gasteiger partial charge in [0.25, 0.3) is 5.91 Å². The molecule has 11 heteroatoms. The highest BCUT2D eigenvalue weighted by Crippen LogP contribution is 2.39. The van der Waals surface area contributed by atoms with Crippen molar-refractivity contribution in [1.82, 2.24) is 9.29 Å². The van der Waals surface area contributed by atoms with Gasteiger partial charge in [-0.15, -0.1) is 0 Å².